The number of hydrogen-bond acceptors (Lipinski definition) is 5. The van der Waals surface area contributed by atoms with Gasteiger partial charge in [-0.2, -0.15) is 21.0 Å². The molecule has 0 aliphatic carbocycles. The van der Waals surface area contributed by atoms with Crippen molar-refractivity contribution in [2.75, 3.05) is 0 Å². The van der Waals surface area contributed by atoms with Gasteiger partial charge in [-0.15, -0.1) is 0 Å². The Morgan fingerprint density at radius 3 is 1.11 bits per heavy atom. The van der Waals surface area contributed by atoms with Crippen molar-refractivity contribution in [3.8, 4) is 91.3 Å². The summed E-state index contributed by atoms with van der Waals surface area (Å²) in [6.07, 6.45) is 3.53. The molecule has 0 atom stereocenters. The molecule has 0 fully saturated rings. The van der Waals surface area contributed by atoms with E-state index in [1.54, 1.807) is 12.4 Å². The molecule has 0 N–H and O–H groups in total. The fourth-order valence-corrected chi connectivity index (χ4v) is 10.4. The van der Waals surface area contributed by atoms with Crippen LogP contribution in [-0.4, -0.2) is 14.1 Å². The van der Waals surface area contributed by atoms with Crippen LogP contribution in [-0.2, 0) is 0 Å². The molecule has 12 aromatic rings. The Kier molecular flexibility index (Phi) is 10.3. The predicted octanol–water partition coefficient (Wildman–Crippen LogP) is 15.6. The topological polar surface area (TPSA) is 122 Å². The van der Waals surface area contributed by atoms with Gasteiger partial charge in [0.25, 0.3) is 0 Å². The molecule has 8 heteroatoms. The third kappa shape index (κ3) is 6.84. The maximum atomic E-state index is 11.2. The van der Waals surface area contributed by atoms with Crippen LogP contribution in [0.2, 0.25) is 0 Å². The Morgan fingerprint density at radius 1 is 0.375 bits per heavy atom. The number of para-hydroxylation sites is 1. The molecular weight excluding hydrogens is 881 g/mol. The van der Waals surface area contributed by atoms with Gasteiger partial charge in [-0.1, -0.05) is 127 Å². The second-order valence-electron chi connectivity index (χ2n) is 17.4. The molecule has 12 rings (SSSR count). The van der Waals surface area contributed by atoms with Gasteiger partial charge >= 0.3 is 0 Å². The van der Waals surface area contributed by atoms with Gasteiger partial charge < -0.3 is 9.13 Å². The zero-order valence-corrected chi connectivity index (χ0v) is 38.2. The van der Waals surface area contributed by atoms with E-state index in [9.17, 15) is 21.0 Å². The Balaban J connectivity index is 1.26. The number of rotatable bonds is 7. The molecule has 0 bridgehead atoms. The summed E-state index contributed by atoms with van der Waals surface area (Å²) in [5.74, 6) is 0. The van der Waals surface area contributed by atoms with Gasteiger partial charge in [0, 0.05) is 39.5 Å². The number of benzene rings is 9. The molecule has 330 valence electrons. The highest BCUT2D eigenvalue weighted by molar-refractivity contribution is 6.14. The lowest BCUT2D eigenvalue weighted by Crippen LogP contribution is -2.05. The molecule has 0 saturated heterocycles. The van der Waals surface area contributed by atoms with Crippen LogP contribution in [0.15, 0.2) is 207 Å². The van der Waals surface area contributed by atoms with Crippen molar-refractivity contribution in [3.63, 3.8) is 0 Å². The van der Waals surface area contributed by atoms with E-state index in [0.29, 0.717) is 39.3 Å². The van der Waals surface area contributed by atoms with E-state index in [1.165, 1.54) is 0 Å². The smallest absolute Gasteiger partial charge is 0.194 e. The fourth-order valence-electron chi connectivity index (χ4n) is 10.4. The number of nitrogens with zero attached hydrogens (tertiary/aromatic N) is 8. The molecule has 0 spiro atoms. The SMILES string of the molecule is [C-]#[N+]c1ccccc1-c1ccc2c3ccc(-c4ccccc4C#N)cc3n(-c3cc(C#N)cc(-n4c5cc(-c6ccccc6C#N)ccc5c5ccc(-c6ccccc6C#N)cc54)c3-c3ccncc3)c2c1. The molecule has 0 amide bonds. The lowest BCUT2D eigenvalue weighted by atomic mass is 9.97. The Hall–Kier alpha value is -10.8. The zero-order chi connectivity index (χ0) is 48.9. The van der Waals surface area contributed by atoms with Crippen molar-refractivity contribution in [2.24, 2.45) is 0 Å². The van der Waals surface area contributed by atoms with Gasteiger partial charge in [0.15, 0.2) is 5.69 Å². The highest BCUT2D eigenvalue weighted by atomic mass is 15.0. The number of pyridine rings is 1. The lowest BCUT2D eigenvalue weighted by Gasteiger charge is -2.21. The third-order valence-corrected chi connectivity index (χ3v) is 13.6. The average Bonchev–Trinajstić information content (AvgIpc) is 3.95. The molecule has 3 aromatic heterocycles. The summed E-state index contributed by atoms with van der Waals surface area (Å²) < 4.78 is 4.42. The van der Waals surface area contributed by atoms with Crippen LogP contribution in [0.3, 0.4) is 0 Å². The van der Waals surface area contributed by atoms with Gasteiger partial charge in [-0.05, 0) is 117 Å². The van der Waals surface area contributed by atoms with Gasteiger partial charge in [0.1, 0.15) is 0 Å². The second kappa shape index (κ2) is 17.4. The van der Waals surface area contributed by atoms with Crippen LogP contribution >= 0.6 is 0 Å². The first-order valence-electron chi connectivity index (χ1n) is 23.1. The van der Waals surface area contributed by atoms with Gasteiger partial charge in [0.05, 0.1) is 86.5 Å². The van der Waals surface area contributed by atoms with E-state index >= 15 is 0 Å². The third-order valence-electron chi connectivity index (χ3n) is 13.6. The first kappa shape index (κ1) is 42.5. The molecule has 9 aromatic carbocycles. The molecule has 0 aliphatic heterocycles. The van der Waals surface area contributed by atoms with Crippen molar-refractivity contribution in [1.29, 1.82) is 21.0 Å². The van der Waals surface area contributed by atoms with Crippen LogP contribution in [0, 0.1) is 51.9 Å². The molecule has 0 saturated carbocycles. The first-order chi connectivity index (χ1) is 35.5. The van der Waals surface area contributed by atoms with E-state index in [4.69, 9.17) is 6.57 Å². The Bertz CT molecular complexity index is 3970. The van der Waals surface area contributed by atoms with E-state index < -0.39 is 0 Å². The van der Waals surface area contributed by atoms with E-state index in [1.807, 2.05) is 140 Å². The van der Waals surface area contributed by atoms with Crippen LogP contribution in [0.25, 0.3) is 115 Å². The van der Waals surface area contributed by atoms with Crippen molar-refractivity contribution < 1.29 is 0 Å². The number of nitriles is 4. The quantitative estimate of drug-likeness (QED) is 0.147. The monoisotopic (exact) mass is 914 g/mol. The minimum Gasteiger partial charge on any atom is -0.308 e. The molecule has 0 unspecified atom stereocenters. The first-order valence-corrected chi connectivity index (χ1v) is 23.1. The van der Waals surface area contributed by atoms with E-state index in [-0.39, 0.29) is 0 Å². The Labute approximate surface area is 414 Å². The van der Waals surface area contributed by atoms with E-state index in [0.717, 1.165) is 99.2 Å². The highest BCUT2D eigenvalue weighted by Crippen LogP contribution is 2.46. The summed E-state index contributed by atoms with van der Waals surface area (Å²) in [5.41, 5.74) is 15.6. The maximum absolute atomic E-state index is 11.2. The Morgan fingerprint density at radius 2 is 0.736 bits per heavy atom. The van der Waals surface area contributed by atoms with Crippen molar-refractivity contribution in [2.45, 2.75) is 0 Å². The van der Waals surface area contributed by atoms with Crippen molar-refractivity contribution in [1.82, 2.24) is 14.1 Å². The largest absolute Gasteiger partial charge is 0.308 e. The minimum absolute atomic E-state index is 0.403. The summed E-state index contributed by atoms with van der Waals surface area (Å²) in [7, 11) is 0. The second-order valence-corrected chi connectivity index (χ2v) is 17.4. The molecule has 0 radical (unpaired) electrons. The molecule has 0 aliphatic rings. The molecular formula is C64H34N8. The van der Waals surface area contributed by atoms with E-state index in [2.05, 4.69) is 97.8 Å². The fraction of sp³-hybridized carbons (Fsp3) is 0. The summed E-state index contributed by atoms with van der Waals surface area (Å²) in [5, 5.41) is 45.9. The lowest BCUT2D eigenvalue weighted by molar-refractivity contribution is 1.13. The molecule has 3 heterocycles. The minimum atomic E-state index is 0.403. The summed E-state index contributed by atoms with van der Waals surface area (Å²) >= 11 is 0. The van der Waals surface area contributed by atoms with Crippen LogP contribution in [0.5, 0.6) is 0 Å². The summed E-state index contributed by atoms with van der Waals surface area (Å²) in [6, 6.07) is 72.9. The number of fused-ring (bicyclic) bond motifs is 6. The normalized spacial score (nSPS) is 11.0. The van der Waals surface area contributed by atoms with Crippen LogP contribution < -0.4 is 0 Å². The molecule has 8 nitrogen and oxygen atoms in total. The highest BCUT2D eigenvalue weighted by Gasteiger charge is 2.25. The number of hydrogen-bond donors (Lipinski definition) is 0. The van der Waals surface area contributed by atoms with Crippen LogP contribution in [0.1, 0.15) is 22.3 Å². The average molecular weight is 915 g/mol. The van der Waals surface area contributed by atoms with Gasteiger partial charge in [-0.3, -0.25) is 4.98 Å². The van der Waals surface area contributed by atoms with Gasteiger partial charge in [0.2, 0.25) is 0 Å². The van der Waals surface area contributed by atoms with Crippen molar-refractivity contribution in [3.05, 3.63) is 240 Å². The number of aromatic nitrogens is 3. The summed E-state index contributed by atoms with van der Waals surface area (Å²) in [4.78, 5) is 8.35. The van der Waals surface area contributed by atoms with Crippen LogP contribution in [0.4, 0.5) is 5.69 Å². The van der Waals surface area contributed by atoms with Crippen molar-refractivity contribution >= 4 is 49.3 Å². The summed E-state index contributed by atoms with van der Waals surface area (Å²) in [6.45, 7) is 8.07. The standard InChI is InChI=1S/C64H34N8/c1-69-57-17-9-8-16-52(57)45-21-25-56-55-24-20-44(51-15-7-4-12-48(51)39-68)34-60(55)72(61(56)35-45)63-31-40(36-65)30-62(64(63)41-26-28-70-29-27-41)71-58-32-42(49-13-5-2-10-46(49)37-66)18-22-53(58)54-23-19-43(33-59(54)71)50-14-6-3-11-47(50)38-67/h2-35H. The maximum Gasteiger partial charge on any atom is 0.194 e. The zero-order valence-electron chi connectivity index (χ0n) is 38.2. The van der Waals surface area contributed by atoms with Gasteiger partial charge in [-0.25, -0.2) is 4.85 Å². The molecule has 72 heavy (non-hydrogen) atoms. The predicted molar refractivity (Wildman–Crippen MR) is 285 cm³/mol.